The second-order valence-electron chi connectivity index (χ2n) is 8.36. The van der Waals surface area contributed by atoms with E-state index in [1.165, 1.54) is 19.3 Å². The molecule has 1 saturated carbocycles. The summed E-state index contributed by atoms with van der Waals surface area (Å²) < 4.78 is 0. The molecular weight excluding hydrogens is 336 g/mol. The van der Waals surface area contributed by atoms with Gasteiger partial charge in [0.05, 0.1) is 11.6 Å². The summed E-state index contributed by atoms with van der Waals surface area (Å²) in [5.74, 6) is 0.278. The zero-order chi connectivity index (χ0) is 18.7. The number of benzene rings is 1. The Bertz CT molecular complexity index is 698. The zero-order valence-electron chi connectivity index (χ0n) is 16.1. The largest absolute Gasteiger partial charge is 0.340 e. The van der Waals surface area contributed by atoms with Gasteiger partial charge in [-0.25, -0.2) is 0 Å². The summed E-state index contributed by atoms with van der Waals surface area (Å²) in [6.07, 6.45) is 7.76. The summed E-state index contributed by atoms with van der Waals surface area (Å²) in [6.45, 7) is 4.78. The second kappa shape index (κ2) is 8.00. The lowest BCUT2D eigenvalue weighted by atomic mass is 9.87. The average molecular weight is 367 g/mol. The highest BCUT2D eigenvalue weighted by molar-refractivity contribution is 5.87. The Morgan fingerprint density at radius 3 is 2.56 bits per heavy atom. The van der Waals surface area contributed by atoms with Crippen LogP contribution in [0.5, 0.6) is 0 Å². The van der Waals surface area contributed by atoms with Gasteiger partial charge in [0.15, 0.2) is 0 Å². The van der Waals surface area contributed by atoms with E-state index in [9.17, 15) is 4.79 Å². The minimum Gasteiger partial charge on any atom is -0.340 e. The molecule has 1 unspecified atom stereocenters. The summed E-state index contributed by atoms with van der Waals surface area (Å²) in [5, 5.41) is 12.6. The summed E-state index contributed by atoms with van der Waals surface area (Å²) in [7, 11) is 0. The van der Waals surface area contributed by atoms with Crippen LogP contribution in [0.2, 0.25) is 0 Å². The number of nitrogens with zero attached hydrogens (tertiary/aromatic N) is 3. The van der Waals surface area contributed by atoms with E-state index in [4.69, 9.17) is 5.26 Å². The Labute approximate surface area is 162 Å². The maximum Gasteiger partial charge on any atom is 0.243 e. The first-order chi connectivity index (χ1) is 13.2. The van der Waals surface area contributed by atoms with Gasteiger partial charge in [0, 0.05) is 32.2 Å². The van der Waals surface area contributed by atoms with Crippen LogP contribution < -0.4 is 5.32 Å². The molecule has 0 aromatic heterocycles. The molecule has 27 heavy (non-hydrogen) atoms. The molecule has 4 rings (SSSR count). The number of carbonyl (C=O) groups excluding carboxylic acids is 1. The molecular formula is C22H30N4O. The molecule has 0 radical (unpaired) electrons. The first-order valence-corrected chi connectivity index (χ1v) is 10.5. The number of rotatable bonds is 4. The fourth-order valence-electron chi connectivity index (χ4n) is 4.82. The Morgan fingerprint density at radius 1 is 1.11 bits per heavy atom. The van der Waals surface area contributed by atoms with Crippen LogP contribution in [-0.4, -0.2) is 60.0 Å². The molecule has 3 fully saturated rings. The molecule has 5 heteroatoms. The molecule has 1 aromatic carbocycles. The van der Waals surface area contributed by atoms with Crippen molar-refractivity contribution in [2.45, 2.75) is 56.5 Å². The second-order valence-corrected chi connectivity index (χ2v) is 8.36. The molecule has 3 aliphatic rings. The Morgan fingerprint density at radius 2 is 1.93 bits per heavy atom. The number of carbonyl (C=O) groups is 1. The van der Waals surface area contributed by atoms with E-state index in [1.54, 1.807) is 0 Å². The normalized spacial score (nSPS) is 27.0. The predicted octanol–water partition coefficient (Wildman–Crippen LogP) is 2.31. The lowest BCUT2D eigenvalue weighted by Crippen LogP contribution is -2.57. The number of nitrogens with one attached hydrogen (secondary N) is 1. The quantitative estimate of drug-likeness (QED) is 0.888. The number of hydrogen-bond donors (Lipinski definition) is 1. The van der Waals surface area contributed by atoms with Gasteiger partial charge in [-0.3, -0.25) is 9.69 Å². The number of nitriles is 1. The molecule has 5 nitrogen and oxygen atoms in total. The van der Waals surface area contributed by atoms with Crippen LogP contribution >= 0.6 is 0 Å². The van der Waals surface area contributed by atoms with Crippen molar-refractivity contribution < 1.29 is 4.79 Å². The minimum absolute atomic E-state index is 0.278. The standard InChI is InChI=1S/C22H30N4O/c23-17-19-8-6-18(7-9-19)16-22(10-2-11-24-22)21(27)26-13-3-12-25(14-15-26)20-4-1-5-20/h6-9,20,24H,1-5,10-16H2. The SMILES string of the molecule is N#Cc1ccc(CC2(C(=O)N3CCCN(C4CCC4)CC3)CCCN2)cc1. The molecule has 2 aliphatic heterocycles. The molecule has 0 spiro atoms. The van der Waals surface area contributed by atoms with Crippen molar-refractivity contribution in [3.63, 3.8) is 0 Å². The van der Waals surface area contributed by atoms with Crippen LogP contribution in [0.1, 0.15) is 49.7 Å². The van der Waals surface area contributed by atoms with E-state index < -0.39 is 5.54 Å². The maximum absolute atomic E-state index is 13.6. The monoisotopic (exact) mass is 366 g/mol. The van der Waals surface area contributed by atoms with Gasteiger partial charge in [0.1, 0.15) is 5.54 Å². The summed E-state index contributed by atoms with van der Waals surface area (Å²) >= 11 is 0. The van der Waals surface area contributed by atoms with Gasteiger partial charge >= 0.3 is 0 Å². The highest BCUT2D eigenvalue weighted by Crippen LogP contribution is 2.29. The van der Waals surface area contributed by atoms with E-state index in [0.717, 1.165) is 63.6 Å². The maximum atomic E-state index is 13.6. The third kappa shape index (κ3) is 3.88. The van der Waals surface area contributed by atoms with Crippen molar-refractivity contribution in [3.8, 4) is 6.07 Å². The molecule has 1 atom stereocenters. The van der Waals surface area contributed by atoms with Crippen molar-refractivity contribution in [1.29, 1.82) is 5.26 Å². The fourth-order valence-corrected chi connectivity index (χ4v) is 4.82. The van der Waals surface area contributed by atoms with E-state index in [0.29, 0.717) is 12.0 Å². The lowest BCUT2D eigenvalue weighted by Gasteiger charge is -2.37. The van der Waals surface area contributed by atoms with Gasteiger partial charge in [-0.1, -0.05) is 18.6 Å². The Balaban J connectivity index is 1.45. The first kappa shape index (κ1) is 18.5. The van der Waals surface area contributed by atoms with Crippen LogP contribution in [0.4, 0.5) is 0 Å². The van der Waals surface area contributed by atoms with Gasteiger partial charge in [-0.05, 0) is 62.8 Å². The smallest absolute Gasteiger partial charge is 0.243 e. The molecule has 1 N–H and O–H groups in total. The molecule has 1 aliphatic carbocycles. The van der Waals surface area contributed by atoms with E-state index >= 15 is 0 Å². The zero-order valence-corrected chi connectivity index (χ0v) is 16.1. The van der Waals surface area contributed by atoms with Crippen LogP contribution in [0.3, 0.4) is 0 Å². The Hall–Kier alpha value is -1.90. The van der Waals surface area contributed by atoms with Crippen molar-refractivity contribution in [1.82, 2.24) is 15.1 Å². The van der Waals surface area contributed by atoms with Gasteiger partial charge in [0.2, 0.25) is 5.91 Å². The van der Waals surface area contributed by atoms with Crippen molar-refractivity contribution in [2.24, 2.45) is 0 Å². The van der Waals surface area contributed by atoms with Crippen LogP contribution in [-0.2, 0) is 11.2 Å². The highest BCUT2D eigenvalue weighted by Gasteiger charge is 2.43. The summed E-state index contributed by atoms with van der Waals surface area (Å²) in [5.41, 5.74) is 1.32. The summed E-state index contributed by atoms with van der Waals surface area (Å²) in [4.78, 5) is 18.3. The number of amides is 1. The average Bonchev–Trinajstić information content (AvgIpc) is 2.99. The van der Waals surface area contributed by atoms with Crippen molar-refractivity contribution in [3.05, 3.63) is 35.4 Å². The summed E-state index contributed by atoms with van der Waals surface area (Å²) in [6, 6.07) is 10.6. The molecule has 1 aromatic rings. The van der Waals surface area contributed by atoms with E-state index in [2.05, 4.69) is 21.2 Å². The first-order valence-electron chi connectivity index (χ1n) is 10.5. The van der Waals surface area contributed by atoms with Crippen LogP contribution in [0.15, 0.2) is 24.3 Å². The number of hydrogen-bond acceptors (Lipinski definition) is 4. The fraction of sp³-hybridized carbons (Fsp3) is 0.636. The minimum atomic E-state index is -0.472. The molecule has 2 saturated heterocycles. The van der Waals surface area contributed by atoms with E-state index in [1.807, 2.05) is 24.3 Å². The van der Waals surface area contributed by atoms with Gasteiger partial charge in [-0.2, -0.15) is 5.26 Å². The molecule has 1 amide bonds. The van der Waals surface area contributed by atoms with Gasteiger partial charge < -0.3 is 10.2 Å². The highest BCUT2D eigenvalue weighted by atomic mass is 16.2. The molecule has 144 valence electrons. The van der Waals surface area contributed by atoms with Gasteiger partial charge in [-0.15, -0.1) is 0 Å². The van der Waals surface area contributed by atoms with Gasteiger partial charge in [0.25, 0.3) is 0 Å². The lowest BCUT2D eigenvalue weighted by molar-refractivity contribution is -0.137. The predicted molar refractivity (Wildman–Crippen MR) is 105 cm³/mol. The van der Waals surface area contributed by atoms with Crippen LogP contribution in [0.25, 0.3) is 0 Å². The third-order valence-corrected chi connectivity index (χ3v) is 6.65. The molecule has 2 heterocycles. The van der Waals surface area contributed by atoms with Crippen LogP contribution in [0, 0.1) is 11.3 Å². The topological polar surface area (TPSA) is 59.4 Å². The third-order valence-electron chi connectivity index (χ3n) is 6.65. The van der Waals surface area contributed by atoms with Crippen molar-refractivity contribution in [2.75, 3.05) is 32.7 Å². The Kier molecular flexibility index (Phi) is 5.47. The molecule has 0 bridgehead atoms. The van der Waals surface area contributed by atoms with Crippen molar-refractivity contribution >= 4 is 5.91 Å². The van der Waals surface area contributed by atoms with E-state index in [-0.39, 0.29) is 5.91 Å².